The summed E-state index contributed by atoms with van der Waals surface area (Å²) >= 11 is 0. The quantitative estimate of drug-likeness (QED) is 0.491. The van der Waals surface area contributed by atoms with Crippen LogP contribution in [0.4, 0.5) is 5.69 Å². The first-order chi connectivity index (χ1) is 12.9. The minimum Gasteiger partial charge on any atom is -0.481 e. The van der Waals surface area contributed by atoms with Crippen LogP contribution in [0.5, 0.6) is 5.75 Å². The third-order valence-electron chi connectivity index (χ3n) is 3.77. The van der Waals surface area contributed by atoms with E-state index >= 15 is 0 Å². The molecule has 2 aromatic rings. The summed E-state index contributed by atoms with van der Waals surface area (Å²) in [6.07, 6.45) is 1.41. The van der Waals surface area contributed by atoms with Crippen molar-refractivity contribution in [2.75, 3.05) is 18.5 Å². The average Bonchev–Trinajstić information content (AvgIpc) is 2.60. The normalized spacial score (nSPS) is 10.6. The fourth-order valence-electron chi connectivity index (χ4n) is 2.70. The zero-order valence-corrected chi connectivity index (χ0v) is 15.6. The maximum Gasteiger partial charge on any atom is 0.341 e. The smallest absolute Gasteiger partial charge is 0.341 e. The van der Waals surface area contributed by atoms with Gasteiger partial charge in [0.15, 0.2) is 6.61 Å². The Bertz CT molecular complexity index is 839. The summed E-state index contributed by atoms with van der Waals surface area (Å²) in [6.45, 7) is 5.65. The molecule has 1 amide bonds. The highest BCUT2D eigenvalue weighted by Crippen LogP contribution is 2.21. The molecular formula is C20H23N3O4. The summed E-state index contributed by atoms with van der Waals surface area (Å²) in [5.74, 6) is -0.987. The van der Waals surface area contributed by atoms with Crippen LogP contribution in [0.25, 0.3) is 0 Å². The Morgan fingerprint density at radius 1 is 1.15 bits per heavy atom. The second-order valence-electron chi connectivity index (χ2n) is 6.14. The van der Waals surface area contributed by atoms with Crippen LogP contribution >= 0.6 is 0 Å². The number of carboxylic acids is 1. The number of benzene rings is 2. The maximum absolute atomic E-state index is 12.0. The lowest BCUT2D eigenvalue weighted by Crippen LogP contribution is -2.26. The van der Waals surface area contributed by atoms with Crippen molar-refractivity contribution in [2.45, 2.75) is 20.8 Å². The van der Waals surface area contributed by atoms with Gasteiger partial charge in [0.2, 0.25) is 0 Å². The number of hydrazone groups is 1. The number of hydrogen-bond acceptors (Lipinski definition) is 5. The molecule has 0 fully saturated rings. The van der Waals surface area contributed by atoms with Gasteiger partial charge in [-0.05, 0) is 44.0 Å². The third kappa shape index (κ3) is 6.14. The summed E-state index contributed by atoms with van der Waals surface area (Å²) in [5.41, 5.74) is 7.27. The first-order valence-electron chi connectivity index (χ1n) is 8.44. The predicted octanol–water partition coefficient (Wildman–Crippen LogP) is 2.64. The molecule has 2 rings (SSSR count). The molecule has 0 saturated heterocycles. The molecule has 27 heavy (non-hydrogen) atoms. The SMILES string of the molecule is Cc1cc(C)c(NCC(=O)N/N=C\c2ccccc2OCC(=O)O)c(C)c1. The van der Waals surface area contributed by atoms with E-state index in [4.69, 9.17) is 9.84 Å². The van der Waals surface area contributed by atoms with Crippen LogP contribution < -0.4 is 15.5 Å². The molecule has 0 saturated carbocycles. The number of anilines is 1. The number of para-hydroxylation sites is 1. The molecule has 0 spiro atoms. The van der Waals surface area contributed by atoms with Crippen molar-refractivity contribution in [2.24, 2.45) is 5.10 Å². The number of rotatable bonds is 8. The fourth-order valence-corrected chi connectivity index (χ4v) is 2.70. The van der Waals surface area contributed by atoms with Gasteiger partial charge in [-0.25, -0.2) is 10.2 Å². The van der Waals surface area contributed by atoms with Gasteiger partial charge in [-0.1, -0.05) is 29.8 Å². The van der Waals surface area contributed by atoms with Gasteiger partial charge in [-0.3, -0.25) is 4.79 Å². The summed E-state index contributed by atoms with van der Waals surface area (Å²) in [7, 11) is 0. The largest absolute Gasteiger partial charge is 0.481 e. The number of aryl methyl sites for hydroxylation is 3. The van der Waals surface area contributed by atoms with Gasteiger partial charge in [0.25, 0.3) is 5.91 Å². The van der Waals surface area contributed by atoms with Gasteiger partial charge in [-0.2, -0.15) is 5.10 Å². The van der Waals surface area contributed by atoms with Crippen LogP contribution in [0.3, 0.4) is 0 Å². The Morgan fingerprint density at radius 2 is 1.81 bits per heavy atom. The molecule has 7 heteroatoms. The number of aliphatic carboxylic acids is 1. The first kappa shape index (κ1) is 20.0. The summed E-state index contributed by atoms with van der Waals surface area (Å²) in [6, 6.07) is 10.9. The van der Waals surface area contributed by atoms with E-state index in [1.54, 1.807) is 24.3 Å². The van der Waals surface area contributed by atoms with E-state index in [0.717, 1.165) is 16.8 Å². The van der Waals surface area contributed by atoms with Crippen LogP contribution in [0.15, 0.2) is 41.5 Å². The second-order valence-corrected chi connectivity index (χ2v) is 6.14. The highest BCUT2D eigenvalue weighted by molar-refractivity contribution is 5.86. The molecule has 7 nitrogen and oxygen atoms in total. The third-order valence-corrected chi connectivity index (χ3v) is 3.77. The molecule has 0 aromatic heterocycles. The van der Waals surface area contributed by atoms with E-state index in [1.807, 2.05) is 20.8 Å². The van der Waals surface area contributed by atoms with Crippen molar-refractivity contribution >= 4 is 23.8 Å². The zero-order valence-electron chi connectivity index (χ0n) is 15.6. The number of carboxylic acid groups (broad SMARTS) is 1. The monoisotopic (exact) mass is 369 g/mol. The van der Waals surface area contributed by atoms with Gasteiger partial charge < -0.3 is 15.2 Å². The molecule has 0 bridgehead atoms. The van der Waals surface area contributed by atoms with E-state index in [-0.39, 0.29) is 12.5 Å². The van der Waals surface area contributed by atoms with Crippen molar-refractivity contribution in [1.82, 2.24) is 5.43 Å². The molecule has 3 N–H and O–H groups in total. The molecule has 142 valence electrons. The Kier molecular flexibility index (Phi) is 6.93. The van der Waals surface area contributed by atoms with Gasteiger partial charge >= 0.3 is 5.97 Å². The van der Waals surface area contributed by atoms with Crippen molar-refractivity contribution in [3.05, 3.63) is 58.7 Å². The number of nitrogens with zero attached hydrogens (tertiary/aromatic N) is 1. The van der Waals surface area contributed by atoms with E-state index in [2.05, 4.69) is 28.0 Å². The van der Waals surface area contributed by atoms with Crippen molar-refractivity contribution in [3.63, 3.8) is 0 Å². The van der Waals surface area contributed by atoms with Crippen molar-refractivity contribution in [3.8, 4) is 5.75 Å². The molecule has 0 aliphatic rings. The molecular weight excluding hydrogens is 346 g/mol. The molecule has 0 radical (unpaired) electrons. The van der Waals surface area contributed by atoms with Crippen molar-refractivity contribution in [1.29, 1.82) is 0 Å². The fraction of sp³-hybridized carbons (Fsp3) is 0.250. The van der Waals surface area contributed by atoms with Crippen LogP contribution in [-0.2, 0) is 9.59 Å². The van der Waals surface area contributed by atoms with E-state index in [9.17, 15) is 9.59 Å². The number of carbonyl (C=O) groups is 2. The number of amides is 1. The standard InChI is InChI=1S/C20H23N3O4/c1-13-8-14(2)20(15(3)9-13)21-11-18(24)23-22-10-16-6-4-5-7-17(16)27-12-19(25)26/h4-10,21H,11-12H2,1-3H3,(H,23,24)(H,25,26)/b22-10-. The van der Waals surface area contributed by atoms with E-state index in [0.29, 0.717) is 11.3 Å². The molecule has 0 atom stereocenters. The van der Waals surface area contributed by atoms with E-state index < -0.39 is 12.6 Å². The summed E-state index contributed by atoms with van der Waals surface area (Å²) in [5, 5.41) is 15.7. The average molecular weight is 369 g/mol. The minimum absolute atomic E-state index is 0.0826. The van der Waals surface area contributed by atoms with Gasteiger partial charge in [0.1, 0.15) is 5.75 Å². The second kappa shape index (κ2) is 9.38. The zero-order chi connectivity index (χ0) is 19.8. The Labute approximate surface area is 158 Å². The minimum atomic E-state index is -1.07. The molecule has 0 aliphatic carbocycles. The predicted molar refractivity (Wildman–Crippen MR) is 104 cm³/mol. The van der Waals surface area contributed by atoms with E-state index in [1.165, 1.54) is 11.8 Å². The number of nitrogens with one attached hydrogen (secondary N) is 2. The Morgan fingerprint density at radius 3 is 2.48 bits per heavy atom. The summed E-state index contributed by atoms with van der Waals surface area (Å²) in [4.78, 5) is 22.6. The number of carbonyl (C=O) groups excluding carboxylic acids is 1. The topological polar surface area (TPSA) is 100 Å². The maximum atomic E-state index is 12.0. The lowest BCUT2D eigenvalue weighted by Gasteiger charge is -2.13. The first-order valence-corrected chi connectivity index (χ1v) is 8.44. The van der Waals surface area contributed by atoms with Crippen molar-refractivity contribution < 1.29 is 19.4 Å². The number of ether oxygens (including phenoxy) is 1. The Balaban J connectivity index is 1.92. The molecule has 0 aliphatic heterocycles. The van der Waals surface area contributed by atoms with Crippen LogP contribution in [0.1, 0.15) is 22.3 Å². The molecule has 2 aromatic carbocycles. The lowest BCUT2D eigenvalue weighted by atomic mass is 10.1. The Hall–Kier alpha value is -3.35. The van der Waals surface area contributed by atoms with Crippen LogP contribution in [0.2, 0.25) is 0 Å². The highest BCUT2D eigenvalue weighted by atomic mass is 16.5. The van der Waals surface area contributed by atoms with Gasteiger partial charge in [0, 0.05) is 11.3 Å². The lowest BCUT2D eigenvalue weighted by molar-refractivity contribution is -0.139. The number of hydrogen-bond donors (Lipinski definition) is 3. The highest BCUT2D eigenvalue weighted by Gasteiger charge is 2.06. The van der Waals surface area contributed by atoms with Crippen LogP contribution in [-0.4, -0.2) is 36.3 Å². The summed E-state index contributed by atoms with van der Waals surface area (Å²) < 4.78 is 5.18. The van der Waals surface area contributed by atoms with Crippen LogP contribution in [0, 0.1) is 20.8 Å². The molecule has 0 unspecified atom stereocenters. The molecule has 0 heterocycles. The van der Waals surface area contributed by atoms with Gasteiger partial charge in [0.05, 0.1) is 12.8 Å². The van der Waals surface area contributed by atoms with Gasteiger partial charge in [-0.15, -0.1) is 0 Å².